The molecular formula is C14H17ClO3S. The van der Waals surface area contributed by atoms with E-state index in [4.69, 9.17) is 21.1 Å². The molecule has 1 aromatic rings. The van der Waals surface area contributed by atoms with Crippen LogP contribution < -0.4 is 4.74 Å². The molecule has 0 spiro atoms. The Hall–Kier alpha value is -0.870. The highest BCUT2D eigenvalue weighted by Crippen LogP contribution is 2.31. The Balaban J connectivity index is 1.95. The van der Waals surface area contributed by atoms with Crippen LogP contribution in [0.4, 0.5) is 0 Å². The van der Waals surface area contributed by atoms with Crippen LogP contribution in [-0.2, 0) is 9.53 Å². The fourth-order valence-corrected chi connectivity index (χ4v) is 3.60. The van der Waals surface area contributed by atoms with Crippen molar-refractivity contribution in [3.63, 3.8) is 0 Å². The van der Waals surface area contributed by atoms with Gasteiger partial charge in [0.25, 0.3) is 0 Å². The second kappa shape index (κ2) is 7.06. The van der Waals surface area contributed by atoms with Gasteiger partial charge in [-0.25, -0.2) is 0 Å². The van der Waals surface area contributed by atoms with Crippen molar-refractivity contribution in [2.45, 2.75) is 6.42 Å². The second-order valence-corrected chi connectivity index (χ2v) is 6.10. The molecule has 1 fully saturated rings. The molecule has 0 N–H and O–H groups in total. The van der Waals surface area contributed by atoms with Crippen LogP contribution in [0.5, 0.6) is 5.75 Å². The number of hydrogen-bond donors (Lipinski definition) is 0. The Kier molecular flexibility index (Phi) is 5.40. The molecule has 0 amide bonds. The molecule has 2 atom stereocenters. The molecule has 2 rings (SSSR count). The summed E-state index contributed by atoms with van der Waals surface area (Å²) in [5, 5.41) is 0.670. The predicted molar refractivity (Wildman–Crippen MR) is 77.9 cm³/mol. The first-order valence-electron chi connectivity index (χ1n) is 6.24. The summed E-state index contributed by atoms with van der Waals surface area (Å²) in [6, 6.07) is 7.16. The van der Waals surface area contributed by atoms with Crippen molar-refractivity contribution in [3.8, 4) is 5.75 Å². The van der Waals surface area contributed by atoms with Crippen LogP contribution in [0.15, 0.2) is 24.3 Å². The van der Waals surface area contributed by atoms with E-state index in [1.807, 2.05) is 11.8 Å². The maximum atomic E-state index is 11.8. The van der Waals surface area contributed by atoms with Gasteiger partial charge in [0.2, 0.25) is 0 Å². The van der Waals surface area contributed by atoms with E-state index in [1.54, 1.807) is 24.3 Å². The molecule has 1 aliphatic heterocycles. The highest BCUT2D eigenvalue weighted by Gasteiger charge is 2.32. The van der Waals surface area contributed by atoms with E-state index in [-0.39, 0.29) is 11.9 Å². The van der Waals surface area contributed by atoms with E-state index in [1.165, 1.54) is 7.11 Å². The Labute approximate surface area is 122 Å². The number of benzene rings is 1. The van der Waals surface area contributed by atoms with Gasteiger partial charge in [0, 0.05) is 5.02 Å². The summed E-state index contributed by atoms with van der Waals surface area (Å²) in [6.07, 6.45) is 1.05. The van der Waals surface area contributed by atoms with E-state index >= 15 is 0 Å². The van der Waals surface area contributed by atoms with Crippen LogP contribution in [0.2, 0.25) is 5.02 Å². The summed E-state index contributed by atoms with van der Waals surface area (Å²) >= 11 is 7.70. The SMILES string of the molecule is COC(=O)C(COc1ccc(Cl)cc1)C1CCSC1. The number of ether oxygens (including phenoxy) is 2. The van der Waals surface area contributed by atoms with Gasteiger partial charge in [-0.1, -0.05) is 11.6 Å². The average Bonchev–Trinajstić information content (AvgIpc) is 2.94. The molecule has 2 unspecified atom stereocenters. The third kappa shape index (κ3) is 4.05. The monoisotopic (exact) mass is 300 g/mol. The summed E-state index contributed by atoms with van der Waals surface area (Å²) in [5.74, 6) is 2.83. The van der Waals surface area contributed by atoms with E-state index < -0.39 is 0 Å². The fourth-order valence-electron chi connectivity index (χ4n) is 2.13. The van der Waals surface area contributed by atoms with Crippen LogP contribution in [-0.4, -0.2) is 31.2 Å². The molecule has 0 bridgehead atoms. The van der Waals surface area contributed by atoms with Crippen LogP contribution in [0, 0.1) is 11.8 Å². The summed E-state index contributed by atoms with van der Waals surface area (Å²) in [7, 11) is 1.43. The topological polar surface area (TPSA) is 35.5 Å². The summed E-state index contributed by atoms with van der Waals surface area (Å²) in [4.78, 5) is 11.8. The van der Waals surface area contributed by atoms with Gasteiger partial charge >= 0.3 is 5.97 Å². The lowest BCUT2D eigenvalue weighted by molar-refractivity contribution is -0.148. The van der Waals surface area contributed by atoms with Crippen molar-refractivity contribution in [1.29, 1.82) is 0 Å². The largest absolute Gasteiger partial charge is 0.493 e. The van der Waals surface area contributed by atoms with Crippen LogP contribution in [0.3, 0.4) is 0 Å². The second-order valence-electron chi connectivity index (χ2n) is 4.52. The van der Waals surface area contributed by atoms with Crippen LogP contribution in [0.25, 0.3) is 0 Å². The van der Waals surface area contributed by atoms with E-state index in [0.29, 0.717) is 17.5 Å². The molecule has 0 saturated carbocycles. The lowest BCUT2D eigenvalue weighted by Crippen LogP contribution is -2.30. The van der Waals surface area contributed by atoms with Gasteiger partial charge in [0.1, 0.15) is 12.4 Å². The molecule has 19 heavy (non-hydrogen) atoms. The zero-order valence-electron chi connectivity index (χ0n) is 10.8. The number of thioether (sulfide) groups is 1. The first kappa shape index (κ1) is 14.5. The minimum atomic E-state index is -0.185. The van der Waals surface area contributed by atoms with E-state index in [9.17, 15) is 4.79 Å². The summed E-state index contributed by atoms with van der Waals surface area (Å²) in [6.45, 7) is 0.361. The lowest BCUT2D eigenvalue weighted by Gasteiger charge is -2.20. The minimum Gasteiger partial charge on any atom is -0.493 e. The number of carbonyl (C=O) groups is 1. The van der Waals surface area contributed by atoms with Crippen molar-refractivity contribution in [3.05, 3.63) is 29.3 Å². The number of hydrogen-bond acceptors (Lipinski definition) is 4. The number of carbonyl (C=O) groups excluding carboxylic acids is 1. The van der Waals surface area contributed by atoms with Crippen molar-refractivity contribution in [1.82, 2.24) is 0 Å². The van der Waals surface area contributed by atoms with Gasteiger partial charge in [-0.15, -0.1) is 0 Å². The third-order valence-corrected chi connectivity index (χ3v) is 4.72. The standard InChI is InChI=1S/C14H17ClO3S/c1-17-14(16)13(10-6-7-19-9-10)8-18-12-4-2-11(15)3-5-12/h2-5,10,13H,6-9H2,1H3. The smallest absolute Gasteiger partial charge is 0.312 e. The Morgan fingerprint density at radius 1 is 1.47 bits per heavy atom. The van der Waals surface area contributed by atoms with Crippen molar-refractivity contribution >= 4 is 29.3 Å². The Morgan fingerprint density at radius 2 is 2.21 bits per heavy atom. The molecule has 1 aromatic carbocycles. The number of esters is 1. The predicted octanol–water partition coefficient (Wildman–Crippen LogP) is 3.26. The van der Waals surface area contributed by atoms with Gasteiger partial charge < -0.3 is 9.47 Å². The van der Waals surface area contributed by atoms with Crippen LogP contribution >= 0.6 is 23.4 Å². The molecule has 0 aromatic heterocycles. The first-order valence-corrected chi connectivity index (χ1v) is 7.78. The van der Waals surface area contributed by atoms with Crippen molar-refractivity contribution in [2.75, 3.05) is 25.2 Å². The highest BCUT2D eigenvalue weighted by molar-refractivity contribution is 7.99. The Bertz CT molecular complexity index is 415. The highest BCUT2D eigenvalue weighted by atomic mass is 35.5. The van der Waals surface area contributed by atoms with Gasteiger partial charge in [-0.3, -0.25) is 4.79 Å². The number of halogens is 1. The molecular weight excluding hydrogens is 284 g/mol. The van der Waals surface area contributed by atoms with Crippen molar-refractivity contribution < 1.29 is 14.3 Å². The molecule has 1 aliphatic rings. The third-order valence-electron chi connectivity index (χ3n) is 3.28. The summed E-state index contributed by atoms with van der Waals surface area (Å²) in [5.41, 5.74) is 0. The zero-order chi connectivity index (χ0) is 13.7. The molecule has 0 radical (unpaired) electrons. The van der Waals surface area contributed by atoms with Gasteiger partial charge in [0.05, 0.1) is 13.0 Å². The van der Waals surface area contributed by atoms with E-state index in [0.717, 1.165) is 23.7 Å². The average molecular weight is 301 g/mol. The Morgan fingerprint density at radius 3 is 2.79 bits per heavy atom. The minimum absolute atomic E-state index is 0.179. The molecule has 1 heterocycles. The van der Waals surface area contributed by atoms with Gasteiger partial charge in [-0.05, 0) is 48.1 Å². The first-order chi connectivity index (χ1) is 9.20. The molecule has 3 nitrogen and oxygen atoms in total. The normalized spacial score (nSPS) is 20.0. The molecule has 1 saturated heterocycles. The van der Waals surface area contributed by atoms with Crippen LogP contribution in [0.1, 0.15) is 6.42 Å². The lowest BCUT2D eigenvalue weighted by atomic mass is 9.92. The molecule has 104 valence electrons. The fraction of sp³-hybridized carbons (Fsp3) is 0.500. The summed E-state index contributed by atoms with van der Waals surface area (Å²) < 4.78 is 10.6. The number of methoxy groups -OCH3 is 1. The van der Waals surface area contributed by atoms with Gasteiger partial charge in [0.15, 0.2) is 0 Å². The molecule has 0 aliphatic carbocycles. The zero-order valence-corrected chi connectivity index (χ0v) is 12.4. The molecule has 5 heteroatoms. The number of rotatable bonds is 5. The van der Waals surface area contributed by atoms with Gasteiger partial charge in [-0.2, -0.15) is 11.8 Å². The maximum Gasteiger partial charge on any atom is 0.312 e. The van der Waals surface area contributed by atoms with E-state index in [2.05, 4.69) is 0 Å². The quantitative estimate of drug-likeness (QED) is 0.782. The maximum absolute atomic E-state index is 11.8. The van der Waals surface area contributed by atoms with Crippen molar-refractivity contribution in [2.24, 2.45) is 11.8 Å².